The van der Waals surface area contributed by atoms with Gasteiger partial charge in [0.15, 0.2) is 16.8 Å². The number of halogens is 2. The van der Waals surface area contributed by atoms with Crippen LogP contribution in [0.2, 0.25) is 0 Å². The highest BCUT2D eigenvalue weighted by molar-refractivity contribution is 7.93. The van der Waals surface area contributed by atoms with Crippen LogP contribution in [0.15, 0.2) is 28.5 Å². The molecule has 1 aromatic heterocycles. The van der Waals surface area contributed by atoms with E-state index in [1.165, 1.54) is 7.05 Å². The van der Waals surface area contributed by atoms with Crippen molar-refractivity contribution < 1.29 is 17.2 Å². The molecule has 0 saturated heterocycles. The lowest BCUT2D eigenvalue weighted by Gasteiger charge is -2.17. The van der Waals surface area contributed by atoms with Crippen LogP contribution in [-0.2, 0) is 10.0 Å². The molecular formula is C14H16F2N2O2S2. The first-order valence-electron chi connectivity index (χ1n) is 6.67. The summed E-state index contributed by atoms with van der Waals surface area (Å²) < 4.78 is 52.8. The van der Waals surface area contributed by atoms with Gasteiger partial charge in [0.25, 0.3) is 10.0 Å². The summed E-state index contributed by atoms with van der Waals surface area (Å²) in [6.07, 6.45) is 0.873. The van der Waals surface area contributed by atoms with Crippen LogP contribution in [0.3, 0.4) is 0 Å². The third-order valence-corrected chi connectivity index (χ3v) is 6.27. The first-order valence-corrected chi connectivity index (χ1v) is 8.99. The predicted molar refractivity (Wildman–Crippen MR) is 82.8 cm³/mol. The molecule has 1 aromatic carbocycles. The van der Waals surface area contributed by atoms with Crippen molar-refractivity contribution in [2.45, 2.75) is 31.1 Å². The summed E-state index contributed by atoms with van der Waals surface area (Å²) in [7, 11) is -2.92. The van der Waals surface area contributed by atoms with Crippen LogP contribution < -0.4 is 4.31 Å². The van der Waals surface area contributed by atoms with E-state index < -0.39 is 26.6 Å². The van der Waals surface area contributed by atoms with Crippen molar-refractivity contribution in [3.63, 3.8) is 0 Å². The average molecular weight is 346 g/mol. The van der Waals surface area contributed by atoms with Crippen LogP contribution in [-0.4, -0.2) is 20.4 Å². The second kappa shape index (κ2) is 6.29. The molecule has 0 aliphatic heterocycles. The highest BCUT2D eigenvalue weighted by atomic mass is 32.2. The Bertz CT molecular complexity index is 775. The third-order valence-electron chi connectivity index (χ3n) is 3.45. The Morgan fingerprint density at radius 2 is 2.05 bits per heavy atom. The number of thiazole rings is 1. The van der Waals surface area contributed by atoms with E-state index in [4.69, 9.17) is 0 Å². The molecule has 0 N–H and O–H groups in total. The van der Waals surface area contributed by atoms with Gasteiger partial charge in [0.05, 0.1) is 5.69 Å². The molecule has 0 spiro atoms. The second-order valence-corrected chi connectivity index (χ2v) is 7.66. The molecule has 22 heavy (non-hydrogen) atoms. The summed E-state index contributed by atoms with van der Waals surface area (Å²) in [4.78, 5) is 3.58. The molecule has 2 rings (SSSR count). The van der Waals surface area contributed by atoms with Crippen molar-refractivity contribution in [1.82, 2.24) is 4.98 Å². The van der Waals surface area contributed by atoms with E-state index in [1.54, 1.807) is 5.38 Å². The summed E-state index contributed by atoms with van der Waals surface area (Å²) in [5.74, 6) is -2.38. The van der Waals surface area contributed by atoms with Crippen LogP contribution in [0.25, 0.3) is 0 Å². The monoisotopic (exact) mass is 346 g/mol. The largest absolute Gasteiger partial charge is 0.268 e. The van der Waals surface area contributed by atoms with Crippen molar-refractivity contribution in [3.8, 4) is 0 Å². The Labute approximate surface area is 132 Å². The molecule has 4 nitrogen and oxygen atoms in total. The van der Waals surface area contributed by atoms with Gasteiger partial charge in [-0.25, -0.2) is 26.5 Å². The number of anilines is 1. The number of hydrogen-bond donors (Lipinski definition) is 0. The molecule has 1 atom stereocenters. The lowest BCUT2D eigenvalue weighted by atomic mass is 10.1. The van der Waals surface area contributed by atoms with Gasteiger partial charge in [0, 0.05) is 12.4 Å². The molecule has 120 valence electrons. The fourth-order valence-electron chi connectivity index (χ4n) is 1.79. The van der Waals surface area contributed by atoms with E-state index in [9.17, 15) is 17.2 Å². The van der Waals surface area contributed by atoms with Crippen molar-refractivity contribution in [2.24, 2.45) is 0 Å². The normalized spacial score (nSPS) is 13.1. The second-order valence-electron chi connectivity index (χ2n) is 4.89. The molecule has 0 aliphatic rings. The van der Waals surface area contributed by atoms with Gasteiger partial charge in [-0.15, -0.1) is 11.3 Å². The lowest BCUT2D eigenvalue weighted by Crippen LogP contribution is -2.27. The maximum atomic E-state index is 13.8. The van der Waals surface area contributed by atoms with Gasteiger partial charge >= 0.3 is 0 Å². The van der Waals surface area contributed by atoms with Gasteiger partial charge < -0.3 is 0 Å². The number of aromatic nitrogens is 1. The van der Waals surface area contributed by atoms with E-state index in [-0.39, 0.29) is 11.0 Å². The summed E-state index contributed by atoms with van der Waals surface area (Å²) >= 11 is 1.15. The molecule has 0 radical (unpaired) electrons. The SMILES string of the molecule is CC[C@@H](C)c1csc(N(C)S(=O)(=O)c2cccc(F)c2F)n1. The smallest absolute Gasteiger partial charge is 0.244 e. The minimum atomic E-state index is -4.20. The van der Waals surface area contributed by atoms with E-state index in [0.717, 1.165) is 46.0 Å². The third kappa shape index (κ3) is 2.98. The Kier molecular flexibility index (Phi) is 4.81. The van der Waals surface area contributed by atoms with E-state index in [1.807, 2.05) is 13.8 Å². The predicted octanol–water partition coefficient (Wildman–Crippen LogP) is 3.76. The Morgan fingerprint density at radius 1 is 1.36 bits per heavy atom. The van der Waals surface area contributed by atoms with Gasteiger partial charge in [0.2, 0.25) is 0 Å². The van der Waals surface area contributed by atoms with Crippen LogP contribution in [0.4, 0.5) is 13.9 Å². The van der Waals surface area contributed by atoms with Crippen molar-refractivity contribution >= 4 is 26.5 Å². The van der Waals surface area contributed by atoms with Gasteiger partial charge in [-0.1, -0.05) is 19.9 Å². The molecule has 0 aliphatic carbocycles. The van der Waals surface area contributed by atoms with Crippen molar-refractivity contribution in [3.05, 3.63) is 40.9 Å². The standard InChI is InChI=1S/C14H16F2N2O2S2/c1-4-9(2)11-8-21-14(17-11)18(3)22(19,20)12-7-5-6-10(15)13(12)16/h5-9H,4H2,1-3H3/t9-/m1/s1. The molecular weight excluding hydrogens is 330 g/mol. The number of nitrogens with zero attached hydrogens (tertiary/aromatic N) is 2. The van der Waals surface area contributed by atoms with E-state index in [0.29, 0.717) is 0 Å². The van der Waals surface area contributed by atoms with Gasteiger partial charge in [0.1, 0.15) is 4.90 Å². The van der Waals surface area contributed by atoms with E-state index in [2.05, 4.69) is 4.98 Å². The summed E-state index contributed by atoms with van der Waals surface area (Å²) in [5, 5.41) is 2.00. The highest BCUT2D eigenvalue weighted by Gasteiger charge is 2.28. The zero-order chi connectivity index (χ0) is 16.5. The van der Waals surface area contributed by atoms with E-state index >= 15 is 0 Å². The number of hydrogen-bond acceptors (Lipinski definition) is 4. The molecule has 0 saturated carbocycles. The molecule has 0 amide bonds. The average Bonchev–Trinajstić information content (AvgIpc) is 2.97. The summed E-state index contributed by atoms with van der Waals surface area (Å²) in [6, 6.07) is 3.07. The lowest BCUT2D eigenvalue weighted by molar-refractivity contribution is 0.484. The molecule has 2 aromatic rings. The van der Waals surface area contributed by atoms with Crippen molar-refractivity contribution in [2.75, 3.05) is 11.4 Å². The highest BCUT2D eigenvalue weighted by Crippen LogP contribution is 2.30. The topological polar surface area (TPSA) is 50.3 Å². The summed E-state index contributed by atoms with van der Waals surface area (Å²) in [5.41, 5.74) is 0.782. The minimum absolute atomic E-state index is 0.201. The first kappa shape index (κ1) is 16.8. The van der Waals surface area contributed by atoms with Crippen molar-refractivity contribution in [1.29, 1.82) is 0 Å². The zero-order valence-electron chi connectivity index (χ0n) is 12.4. The minimum Gasteiger partial charge on any atom is -0.244 e. The van der Waals surface area contributed by atoms with Gasteiger partial charge in [-0.3, -0.25) is 0 Å². The first-order chi connectivity index (χ1) is 10.3. The molecule has 8 heteroatoms. The van der Waals surface area contributed by atoms with Crippen LogP contribution in [0.5, 0.6) is 0 Å². The number of sulfonamides is 1. The fourth-order valence-corrected chi connectivity index (χ4v) is 4.15. The van der Waals surface area contributed by atoms with Crippen LogP contribution >= 0.6 is 11.3 Å². The fraction of sp³-hybridized carbons (Fsp3) is 0.357. The number of rotatable bonds is 5. The summed E-state index contributed by atoms with van der Waals surface area (Å²) in [6.45, 7) is 3.99. The molecule has 1 heterocycles. The molecule has 0 fully saturated rings. The maximum Gasteiger partial charge on any atom is 0.268 e. The Hall–Kier alpha value is -1.54. The number of benzene rings is 1. The maximum absolute atomic E-state index is 13.8. The quantitative estimate of drug-likeness (QED) is 0.828. The zero-order valence-corrected chi connectivity index (χ0v) is 14.0. The van der Waals surface area contributed by atoms with Gasteiger partial charge in [-0.05, 0) is 24.5 Å². The molecule has 0 bridgehead atoms. The Balaban J connectivity index is 2.41. The Morgan fingerprint density at radius 3 is 2.68 bits per heavy atom. The van der Waals surface area contributed by atoms with Crippen LogP contribution in [0.1, 0.15) is 31.9 Å². The van der Waals surface area contributed by atoms with Crippen LogP contribution in [0, 0.1) is 11.6 Å². The molecule has 0 unspecified atom stereocenters. The van der Waals surface area contributed by atoms with Gasteiger partial charge in [-0.2, -0.15) is 0 Å².